The number of para-hydroxylation sites is 1. The van der Waals surface area contributed by atoms with Crippen molar-refractivity contribution in [2.75, 3.05) is 12.4 Å². The van der Waals surface area contributed by atoms with Crippen LogP contribution in [-0.2, 0) is 0 Å². The highest BCUT2D eigenvalue weighted by Gasteiger charge is 2.23. The lowest BCUT2D eigenvalue weighted by molar-refractivity contribution is -0.385. The first-order valence-electron chi connectivity index (χ1n) is 5.54. The second kappa shape index (κ2) is 5.34. The van der Waals surface area contributed by atoms with Gasteiger partial charge in [0.25, 0.3) is 5.91 Å². The Morgan fingerprint density at radius 1 is 1.50 bits per heavy atom. The van der Waals surface area contributed by atoms with Crippen LogP contribution < -0.4 is 10.1 Å². The second-order valence-electron chi connectivity index (χ2n) is 3.81. The maximum atomic E-state index is 12.1. The fraction of sp³-hybridized carbons (Fsp3) is 0.182. The van der Waals surface area contributed by atoms with Gasteiger partial charge in [-0.2, -0.15) is 4.98 Å². The van der Waals surface area contributed by atoms with Crippen LogP contribution in [0.5, 0.6) is 5.75 Å². The van der Waals surface area contributed by atoms with Crippen LogP contribution >= 0.6 is 0 Å². The molecule has 9 nitrogen and oxygen atoms in total. The van der Waals surface area contributed by atoms with E-state index in [2.05, 4.69) is 20.5 Å². The first-order chi connectivity index (χ1) is 9.52. The third kappa shape index (κ3) is 2.55. The van der Waals surface area contributed by atoms with Crippen LogP contribution in [0, 0.1) is 17.0 Å². The van der Waals surface area contributed by atoms with Crippen LogP contribution in [0.4, 0.5) is 11.6 Å². The second-order valence-corrected chi connectivity index (χ2v) is 3.81. The van der Waals surface area contributed by atoms with E-state index in [0.717, 1.165) is 0 Å². The molecule has 1 amide bonds. The number of aromatic nitrogens is 3. The molecule has 0 unspecified atom stereocenters. The predicted octanol–water partition coefficient (Wildman–Crippen LogP) is 1.28. The van der Waals surface area contributed by atoms with Gasteiger partial charge in [-0.3, -0.25) is 25.3 Å². The van der Waals surface area contributed by atoms with E-state index in [1.54, 1.807) is 6.92 Å². The molecule has 0 spiro atoms. The van der Waals surface area contributed by atoms with E-state index in [0.29, 0.717) is 5.82 Å². The molecule has 0 aliphatic carbocycles. The number of hydrogen-bond donors (Lipinski definition) is 2. The summed E-state index contributed by atoms with van der Waals surface area (Å²) in [4.78, 5) is 26.2. The van der Waals surface area contributed by atoms with Crippen molar-refractivity contribution in [1.82, 2.24) is 15.2 Å². The van der Waals surface area contributed by atoms with Crippen molar-refractivity contribution in [3.05, 3.63) is 39.7 Å². The Balaban J connectivity index is 2.34. The smallest absolute Gasteiger partial charge is 0.311 e. The number of hydrogen-bond acceptors (Lipinski definition) is 6. The molecule has 2 rings (SSSR count). The number of aromatic amines is 1. The third-order valence-corrected chi connectivity index (χ3v) is 2.46. The fourth-order valence-corrected chi connectivity index (χ4v) is 1.63. The van der Waals surface area contributed by atoms with Crippen molar-refractivity contribution < 1.29 is 14.5 Å². The van der Waals surface area contributed by atoms with Gasteiger partial charge in [-0.25, -0.2) is 0 Å². The van der Waals surface area contributed by atoms with Crippen molar-refractivity contribution in [2.24, 2.45) is 0 Å². The third-order valence-electron chi connectivity index (χ3n) is 2.46. The number of nitro benzene ring substituents is 1. The Morgan fingerprint density at radius 3 is 2.80 bits per heavy atom. The number of anilines is 1. The monoisotopic (exact) mass is 277 g/mol. The van der Waals surface area contributed by atoms with E-state index in [-0.39, 0.29) is 22.9 Å². The molecule has 1 heterocycles. The number of benzene rings is 1. The molecule has 2 N–H and O–H groups in total. The highest BCUT2D eigenvalue weighted by atomic mass is 16.6. The summed E-state index contributed by atoms with van der Waals surface area (Å²) in [5.74, 6) is -0.0841. The van der Waals surface area contributed by atoms with Crippen LogP contribution in [-0.4, -0.2) is 33.1 Å². The van der Waals surface area contributed by atoms with Crippen molar-refractivity contribution in [3.63, 3.8) is 0 Å². The number of nitrogens with one attached hydrogen (secondary N) is 2. The number of ether oxygens (including phenoxy) is 1. The molecule has 20 heavy (non-hydrogen) atoms. The number of nitrogens with zero attached hydrogens (tertiary/aromatic N) is 3. The molecule has 104 valence electrons. The quantitative estimate of drug-likeness (QED) is 0.641. The lowest BCUT2D eigenvalue weighted by Gasteiger charge is -2.07. The van der Waals surface area contributed by atoms with Crippen molar-refractivity contribution >= 4 is 17.5 Å². The molecule has 1 aromatic heterocycles. The number of H-pyrrole nitrogens is 1. The number of carbonyl (C=O) groups excluding carboxylic acids is 1. The normalized spacial score (nSPS) is 10.1. The molecule has 0 saturated carbocycles. The van der Waals surface area contributed by atoms with Crippen LogP contribution in [0.15, 0.2) is 18.2 Å². The van der Waals surface area contributed by atoms with Crippen LogP contribution in [0.1, 0.15) is 16.2 Å². The molecule has 1 aromatic carbocycles. The summed E-state index contributed by atoms with van der Waals surface area (Å²) >= 11 is 0. The van der Waals surface area contributed by atoms with E-state index in [1.807, 2.05) is 0 Å². The molecule has 0 fully saturated rings. The van der Waals surface area contributed by atoms with Crippen LogP contribution in [0.2, 0.25) is 0 Å². The molecular formula is C11H11N5O4. The zero-order valence-corrected chi connectivity index (χ0v) is 10.7. The first kappa shape index (κ1) is 13.5. The minimum absolute atomic E-state index is 0.0316. The fourth-order valence-electron chi connectivity index (χ4n) is 1.63. The van der Waals surface area contributed by atoms with Gasteiger partial charge < -0.3 is 4.74 Å². The first-order valence-corrected chi connectivity index (χ1v) is 5.54. The van der Waals surface area contributed by atoms with E-state index in [4.69, 9.17) is 4.74 Å². The van der Waals surface area contributed by atoms with Crippen LogP contribution in [0.25, 0.3) is 0 Å². The van der Waals surface area contributed by atoms with Gasteiger partial charge in [0.05, 0.1) is 17.6 Å². The Hall–Kier alpha value is -2.97. The molecule has 2 aromatic rings. The van der Waals surface area contributed by atoms with E-state index in [9.17, 15) is 14.9 Å². The highest BCUT2D eigenvalue weighted by Crippen LogP contribution is 2.30. The molecule has 0 aliphatic heterocycles. The summed E-state index contributed by atoms with van der Waals surface area (Å²) in [7, 11) is 1.26. The van der Waals surface area contributed by atoms with E-state index in [1.165, 1.54) is 25.3 Å². The van der Waals surface area contributed by atoms with Crippen molar-refractivity contribution in [2.45, 2.75) is 6.92 Å². The van der Waals surface area contributed by atoms with Gasteiger partial charge in [0.15, 0.2) is 0 Å². The Kier molecular flexibility index (Phi) is 3.60. The Labute approximate surface area is 113 Å². The molecule has 0 aliphatic rings. The largest absolute Gasteiger partial charge is 0.490 e. The zero-order chi connectivity index (χ0) is 14.7. The maximum absolute atomic E-state index is 12.1. The number of carbonyl (C=O) groups is 1. The number of amides is 1. The molecule has 0 bridgehead atoms. The lowest BCUT2D eigenvalue weighted by atomic mass is 10.1. The molecule has 0 atom stereocenters. The summed E-state index contributed by atoms with van der Waals surface area (Å²) < 4.78 is 4.95. The van der Waals surface area contributed by atoms with Gasteiger partial charge in [-0.1, -0.05) is 6.07 Å². The molecule has 0 radical (unpaired) electrons. The standard InChI is InChI=1S/C11H11N5O4/c1-6-12-11(15-14-6)13-10(17)7-4-3-5-8(16(18)19)9(7)20-2/h3-5H,1-2H3,(H2,12,13,14,15,17). The molecule has 0 saturated heterocycles. The maximum Gasteiger partial charge on any atom is 0.311 e. The van der Waals surface area contributed by atoms with Crippen LogP contribution in [0.3, 0.4) is 0 Å². The topological polar surface area (TPSA) is 123 Å². The summed E-state index contributed by atoms with van der Waals surface area (Å²) in [6, 6.07) is 4.08. The lowest BCUT2D eigenvalue weighted by Crippen LogP contribution is -2.14. The summed E-state index contributed by atoms with van der Waals surface area (Å²) in [6.45, 7) is 1.68. The van der Waals surface area contributed by atoms with Gasteiger partial charge >= 0.3 is 5.69 Å². The number of methoxy groups -OCH3 is 1. The molecule has 9 heteroatoms. The average Bonchev–Trinajstić information content (AvgIpc) is 2.82. The van der Waals surface area contributed by atoms with Crippen molar-refractivity contribution in [3.8, 4) is 5.75 Å². The summed E-state index contributed by atoms with van der Waals surface area (Å²) in [6.07, 6.45) is 0. The van der Waals surface area contributed by atoms with E-state index >= 15 is 0 Å². The number of aryl methyl sites for hydroxylation is 1. The SMILES string of the molecule is COc1c(C(=O)Nc2n[nH]c(C)n2)cccc1[N+](=O)[O-]. The van der Waals surface area contributed by atoms with Gasteiger partial charge in [-0.05, 0) is 13.0 Å². The highest BCUT2D eigenvalue weighted by molar-refractivity contribution is 6.06. The minimum Gasteiger partial charge on any atom is -0.490 e. The van der Waals surface area contributed by atoms with Gasteiger partial charge in [0.1, 0.15) is 5.82 Å². The van der Waals surface area contributed by atoms with Gasteiger partial charge in [-0.15, -0.1) is 5.10 Å². The van der Waals surface area contributed by atoms with Gasteiger partial charge in [0, 0.05) is 6.07 Å². The molecular weight excluding hydrogens is 266 g/mol. The zero-order valence-electron chi connectivity index (χ0n) is 10.7. The average molecular weight is 277 g/mol. The van der Waals surface area contributed by atoms with E-state index < -0.39 is 10.8 Å². The predicted molar refractivity (Wildman–Crippen MR) is 68.7 cm³/mol. The summed E-state index contributed by atoms with van der Waals surface area (Å²) in [5.41, 5.74) is -0.254. The minimum atomic E-state index is -0.618. The van der Waals surface area contributed by atoms with Gasteiger partial charge in [0.2, 0.25) is 11.7 Å². The van der Waals surface area contributed by atoms with Crippen molar-refractivity contribution in [1.29, 1.82) is 0 Å². The summed E-state index contributed by atoms with van der Waals surface area (Å²) in [5, 5.41) is 19.6. The number of rotatable bonds is 4. The number of nitro groups is 1. The Morgan fingerprint density at radius 2 is 2.25 bits per heavy atom. The Bertz CT molecular complexity index is 667.